The van der Waals surface area contributed by atoms with Gasteiger partial charge in [0.1, 0.15) is 6.61 Å². The van der Waals surface area contributed by atoms with Crippen LogP contribution in [0.1, 0.15) is 25.8 Å². The predicted octanol–water partition coefficient (Wildman–Crippen LogP) is 3.60. The smallest absolute Gasteiger partial charge is 0.310 e. The molecular formula is C18H18F4O5. The Morgan fingerprint density at radius 2 is 1.67 bits per heavy atom. The Labute approximate surface area is 152 Å². The molecule has 0 saturated heterocycles. The van der Waals surface area contributed by atoms with Crippen LogP contribution >= 0.6 is 0 Å². The van der Waals surface area contributed by atoms with Gasteiger partial charge in [0.2, 0.25) is 11.6 Å². The molecule has 1 N–H and O–H groups in total. The molecule has 2 rings (SSSR count). The summed E-state index contributed by atoms with van der Waals surface area (Å²) < 4.78 is 64.3. The first-order valence-electron chi connectivity index (χ1n) is 7.97. The van der Waals surface area contributed by atoms with Gasteiger partial charge < -0.3 is 14.6 Å². The quantitative estimate of drug-likeness (QED) is 0.333. The number of carbonyl (C=O) groups excluding carboxylic acids is 1. The Balaban J connectivity index is 2.11. The second-order valence-electron chi connectivity index (χ2n) is 6.73. The van der Waals surface area contributed by atoms with Crippen molar-refractivity contribution in [1.29, 1.82) is 0 Å². The summed E-state index contributed by atoms with van der Waals surface area (Å²) in [7, 11) is 0.854. The van der Waals surface area contributed by atoms with Crippen LogP contribution in [0, 0.1) is 40.5 Å². The van der Waals surface area contributed by atoms with Crippen LogP contribution in [0.25, 0.3) is 0 Å². The summed E-state index contributed by atoms with van der Waals surface area (Å²) in [5.41, 5.74) is -1.60. The van der Waals surface area contributed by atoms with Crippen molar-refractivity contribution in [2.24, 2.45) is 17.3 Å². The predicted molar refractivity (Wildman–Crippen MR) is 84.8 cm³/mol. The number of aliphatic carboxylic acids is 1. The molecule has 0 aromatic heterocycles. The average Bonchev–Trinajstić information content (AvgIpc) is 3.14. The van der Waals surface area contributed by atoms with E-state index in [9.17, 15) is 27.2 Å². The fourth-order valence-electron chi connectivity index (χ4n) is 3.00. The summed E-state index contributed by atoms with van der Waals surface area (Å²) in [6, 6.07) is 0. The second kappa shape index (κ2) is 7.58. The topological polar surface area (TPSA) is 72.8 Å². The van der Waals surface area contributed by atoms with Gasteiger partial charge in [-0.3, -0.25) is 9.59 Å². The van der Waals surface area contributed by atoms with Crippen LogP contribution in [0.3, 0.4) is 0 Å². The van der Waals surface area contributed by atoms with Gasteiger partial charge in [0.15, 0.2) is 17.4 Å². The highest BCUT2D eigenvalue weighted by Gasteiger charge is 2.61. The SMILES string of the molecule is COc1c(F)c(F)c(COC(=O)C2C(/C=C/CC(=O)O)C2(C)C)c(F)c1F. The molecule has 0 aliphatic heterocycles. The van der Waals surface area contributed by atoms with Gasteiger partial charge in [-0.2, -0.15) is 8.78 Å². The van der Waals surface area contributed by atoms with E-state index >= 15 is 0 Å². The number of allylic oxidation sites excluding steroid dienone is 1. The first kappa shape index (κ1) is 20.7. The molecule has 27 heavy (non-hydrogen) atoms. The molecule has 0 amide bonds. The highest BCUT2D eigenvalue weighted by atomic mass is 19.2. The van der Waals surface area contributed by atoms with Crippen LogP contribution in [0.5, 0.6) is 5.75 Å². The van der Waals surface area contributed by atoms with E-state index in [1.165, 1.54) is 6.08 Å². The largest absolute Gasteiger partial charge is 0.491 e. The van der Waals surface area contributed by atoms with Crippen molar-refractivity contribution < 1.29 is 41.7 Å². The van der Waals surface area contributed by atoms with Crippen molar-refractivity contribution >= 4 is 11.9 Å². The summed E-state index contributed by atoms with van der Waals surface area (Å²) in [6.45, 7) is 2.48. The van der Waals surface area contributed by atoms with Crippen LogP contribution in [0.15, 0.2) is 12.2 Å². The summed E-state index contributed by atoms with van der Waals surface area (Å²) in [6.07, 6.45) is 2.75. The number of hydrogen-bond donors (Lipinski definition) is 1. The molecule has 0 radical (unpaired) electrons. The van der Waals surface area contributed by atoms with Crippen LogP contribution in [-0.4, -0.2) is 24.2 Å². The summed E-state index contributed by atoms with van der Waals surface area (Å²) in [5.74, 6) is -10.9. The average molecular weight is 390 g/mol. The van der Waals surface area contributed by atoms with Crippen molar-refractivity contribution in [1.82, 2.24) is 0 Å². The van der Waals surface area contributed by atoms with E-state index in [-0.39, 0.29) is 12.3 Å². The standard InChI is InChI=1S/C18H18F4O5/c1-18(2)9(5-4-6-10(23)24)11(18)17(25)27-7-8-12(19)14(21)16(26-3)15(22)13(8)20/h4-5,9,11H,6-7H2,1-3H3,(H,23,24)/b5-4+. The third-order valence-electron chi connectivity index (χ3n) is 4.68. The molecule has 0 heterocycles. The van der Waals surface area contributed by atoms with Crippen LogP contribution in [0.4, 0.5) is 17.6 Å². The van der Waals surface area contributed by atoms with Crippen LogP contribution in [0.2, 0.25) is 0 Å². The monoisotopic (exact) mass is 390 g/mol. The molecule has 0 bridgehead atoms. The van der Waals surface area contributed by atoms with Crippen LogP contribution in [-0.2, 0) is 20.9 Å². The van der Waals surface area contributed by atoms with E-state index in [2.05, 4.69) is 4.74 Å². The Bertz CT molecular complexity index is 774. The number of carboxylic acid groups (broad SMARTS) is 1. The highest BCUT2D eigenvalue weighted by molar-refractivity contribution is 5.78. The molecule has 1 aromatic rings. The molecule has 1 aliphatic rings. The molecule has 0 spiro atoms. The molecule has 1 aliphatic carbocycles. The number of carboxylic acids is 1. The third-order valence-corrected chi connectivity index (χ3v) is 4.68. The van der Waals surface area contributed by atoms with Gasteiger partial charge in [-0.25, -0.2) is 8.78 Å². The van der Waals surface area contributed by atoms with Crippen molar-refractivity contribution in [2.45, 2.75) is 26.9 Å². The summed E-state index contributed by atoms with van der Waals surface area (Å²) in [4.78, 5) is 22.7. The zero-order valence-corrected chi connectivity index (χ0v) is 14.8. The number of halogens is 4. The molecule has 1 aromatic carbocycles. The Kier molecular flexibility index (Phi) is 5.82. The van der Waals surface area contributed by atoms with Gasteiger partial charge in [-0.15, -0.1) is 0 Å². The van der Waals surface area contributed by atoms with E-state index in [0.29, 0.717) is 0 Å². The van der Waals surface area contributed by atoms with Gasteiger partial charge >= 0.3 is 11.9 Å². The van der Waals surface area contributed by atoms with Crippen LogP contribution < -0.4 is 4.74 Å². The first-order valence-corrected chi connectivity index (χ1v) is 7.97. The van der Waals surface area contributed by atoms with Crippen molar-refractivity contribution in [2.75, 3.05) is 7.11 Å². The molecule has 2 atom stereocenters. The molecule has 1 saturated carbocycles. The number of esters is 1. The molecule has 2 unspecified atom stereocenters. The summed E-state index contributed by atoms with van der Waals surface area (Å²) >= 11 is 0. The van der Waals surface area contributed by atoms with E-state index in [0.717, 1.165) is 7.11 Å². The minimum atomic E-state index is -1.72. The van der Waals surface area contributed by atoms with Gasteiger partial charge in [0.05, 0.1) is 25.0 Å². The van der Waals surface area contributed by atoms with Gasteiger partial charge in [0, 0.05) is 0 Å². The Morgan fingerprint density at radius 1 is 1.11 bits per heavy atom. The number of benzene rings is 1. The zero-order chi connectivity index (χ0) is 20.5. The Morgan fingerprint density at radius 3 is 2.15 bits per heavy atom. The normalized spacial score (nSPS) is 20.6. The maximum absolute atomic E-state index is 13.9. The number of rotatable bonds is 7. The fourth-order valence-corrected chi connectivity index (χ4v) is 3.00. The maximum Gasteiger partial charge on any atom is 0.310 e. The van der Waals surface area contributed by atoms with Gasteiger partial charge in [-0.1, -0.05) is 26.0 Å². The van der Waals surface area contributed by atoms with E-state index in [1.807, 2.05) is 0 Å². The number of methoxy groups -OCH3 is 1. The van der Waals surface area contributed by atoms with Gasteiger partial charge in [-0.05, 0) is 11.3 Å². The lowest BCUT2D eigenvalue weighted by molar-refractivity contribution is -0.147. The van der Waals surface area contributed by atoms with Crippen molar-refractivity contribution in [3.05, 3.63) is 41.0 Å². The molecule has 148 valence electrons. The third kappa shape index (κ3) is 3.91. The Hall–Kier alpha value is -2.58. The number of carbonyl (C=O) groups is 2. The maximum atomic E-state index is 13.9. The lowest BCUT2D eigenvalue weighted by Crippen LogP contribution is -2.14. The lowest BCUT2D eigenvalue weighted by Gasteiger charge is -2.11. The minimum absolute atomic E-state index is 0.213. The zero-order valence-electron chi connectivity index (χ0n) is 14.8. The second-order valence-corrected chi connectivity index (χ2v) is 6.73. The molecular weight excluding hydrogens is 372 g/mol. The van der Waals surface area contributed by atoms with E-state index in [4.69, 9.17) is 9.84 Å². The lowest BCUT2D eigenvalue weighted by atomic mass is 10.1. The fraction of sp³-hybridized carbons (Fsp3) is 0.444. The molecule has 1 fully saturated rings. The number of ether oxygens (including phenoxy) is 2. The van der Waals surface area contributed by atoms with E-state index in [1.54, 1.807) is 19.9 Å². The molecule has 5 nitrogen and oxygen atoms in total. The van der Waals surface area contributed by atoms with Crippen molar-refractivity contribution in [3.63, 3.8) is 0 Å². The minimum Gasteiger partial charge on any atom is -0.491 e. The van der Waals surface area contributed by atoms with Gasteiger partial charge in [0.25, 0.3) is 0 Å². The number of hydrogen-bond acceptors (Lipinski definition) is 4. The highest BCUT2D eigenvalue weighted by Crippen LogP contribution is 2.59. The molecule has 9 heteroatoms. The first-order chi connectivity index (χ1) is 12.5. The van der Waals surface area contributed by atoms with Crippen molar-refractivity contribution in [3.8, 4) is 5.75 Å². The van der Waals surface area contributed by atoms with E-state index < -0.39 is 64.5 Å². The summed E-state index contributed by atoms with van der Waals surface area (Å²) in [5, 5.41) is 8.61.